The van der Waals surface area contributed by atoms with Gasteiger partial charge in [-0.25, -0.2) is 4.98 Å². The molecule has 0 fully saturated rings. The highest BCUT2D eigenvalue weighted by atomic mass is 16.1. The third kappa shape index (κ3) is 2.74. The molecule has 0 saturated carbocycles. The normalized spacial score (nSPS) is 11.0. The van der Waals surface area contributed by atoms with Gasteiger partial charge in [-0.05, 0) is 48.9 Å². The number of nitrogens with zero attached hydrogens (tertiary/aromatic N) is 2. The summed E-state index contributed by atoms with van der Waals surface area (Å²) in [7, 11) is 0. The SMILES string of the molecule is Cc1ccc2nc(Cc3ccc(-n4cccc4)cc3)[nH]c(=O)c2c1. The van der Waals surface area contributed by atoms with Crippen LogP contribution in [-0.4, -0.2) is 14.5 Å². The van der Waals surface area contributed by atoms with Gasteiger partial charge in [0.05, 0.1) is 10.9 Å². The van der Waals surface area contributed by atoms with Crippen LogP contribution in [0.4, 0.5) is 0 Å². The quantitative estimate of drug-likeness (QED) is 0.628. The summed E-state index contributed by atoms with van der Waals surface area (Å²) in [6.07, 6.45) is 4.63. The van der Waals surface area contributed by atoms with Gasteiger partial charge in [-0.3, -0.25) is 4.79 Å². The van der Waals surface area contributed by atoms with Crippen LogP contribution in [0.25, 0.3) is 16.6 Å². The minimum Gasteiger partial charge on any atom is -0.324 e. The lowest BCUT2D eigenvalue weighted by Crippen LogP contribution is -2.12. The highest BCUT2D eigenvalue weighted by Gasteiger charge is 2.05. The fourth-order valence-corrected chi connectivity index (χ4v) is 2.87. The molecule has 4 aromatic rings. The van der Waals surface area contributed by atoms with Crippen molar-refractivity contribution in [3.8, 4) is 5.69 Å². The molecule has 2 aromatic heterocycles. The van der Waals surface area contributed by atoms with E-state index in [9.17, 15) is 4.79 Å². The van der Waals surface area contributed by atoms with Crippen molar-refractivity contribution < 1.29 is 0 Å². The largest absolute Gasteiger partial charge is 0.324 e. The Balaban J connectivity index is 1.64. The highest BCUT2D eigenvalue weighted by molar-refractivity contribution is 5.78. The second-order valence-corrected chi connectivity index (χ2v) is 5.97. The number of hydrogen-bond donors (Lipinski definition) is 1. The van der Waals surface area contributed by atoms with Gasteiger partial charge in [0.25, 0.3) is 5.56 Å². The zero-order chi connectivity index (χ0) is 16.5. The van der Waals surface area contributed by atoms with Gasteiger partial charge < -0.3 is 9.55 Å². The molecule has 4 heteroatoms. The van der Waals surface area contributed by atoms with Gasteiger partial charge in [0.2, 0.25) is 0 Å². The van der Waals surface area contributed by atoms with Crippen LogP contribution in [0, 0.1) is 6.92 Å². The third-order valence-corrected chi connectivity index (χ3v) is 4.12. The number of aryl methyl sites for hydroxylation is 1. The van der Waals surface area contributed by atoms with Crippen LogP contribution in [0.5, 0.6) is 0 Å². The number of aromatic nitrogens is 3. The second-order valence-electron chi connectivity index (χ2n) is 5.97. The average molecular weight is 315 g/mol. The van der Waals surface area contributed by atoms with Gasteiger partial charge in [0, 0.05) is 24.5 Å². The summed E-state index contributed by atoms with van der Waals surface area (Å²) in [5, 5.41) is 0.640. The number of benzene rings is 2. The molecular formula is C20H17N3O. The lowest BCUT2D eigenvalue weighted by atomic mass is 10.1. The standard InChI is InChI=1S/C20H17N3O/c1-14-4-9-18-17(12-14)20(24)22-19(21-18)13-15-5-7-16(8-6-15)23-10-2-3-11-23/h2-12H,13H2,1H3,(H,21,22,24). The van der Waals surface area contributed by atoms with E-state index in [4.69, 9.17) is 0 Å². The summed E-state index contributed by atoms with van der Waals surface area (Å²) in [5.74, 6) is 0.685. The van der Waals surface area contributed by atoms with Crippen molar-refractivity contribution in [2.24, 2.45) is 0 Å². The lowest BCUT2D eigenvalue weighted by molar-refractivity contribution is 0.970. The number of nitrogens with one attached hydrogen (secondary N) is 1. The highest BCUT2D eigenvalue weighted by Crippen LogP contribution is 2.14. The molecule has 0 aliphatic heterocycles. The van der Waals surface area contributed by atoms with Crippen LogP contribution >= 0.6 is 0 Å². The molecule has 0 aliphatic rings. The first kappa shape index (κ1) is 14.5. The Morgan fingerprint density at radius 3 is 2.54 bits per heavy atom. The Morgan fingerprint density at radius 1 is 1.04 bits per heavy atom. The minimum atomic E-state index is -0.0809. The molecule has 118 valence electrons. The van der Waals surface area contributed by atoms with E-state index in [1.165, 1.54) is 0 Å². The summed E-state index contributed by atoms with van der Waals surface area (Å²) in [5.41, 5.74) is 3.94. The molecule has 0 radical (unpaired) electrons. The Bertz CT molecular complexity index is 1040. The van der Waals surface area contributed by atoms with Crippen molar-refractivity contribution in [1.29, 1.82) is 0 Å². The molecular weight excluding hydrogens is 298 g/mol. The van der Waals surface area contributed by atoms with Crippen LogP contribution in [0.1, 0.15) is 17.0 Å². The first-order valence-electron chi connectivity index (χ1n) is 7.91. The van der Waals surface area contributed by atoms with E-state index < -0.39 is 0 Å². The predicted molar refractivity (Wildman–Crippen MR) is 95.7 cm³/mol. The predicted octanol–water partition coefficient (Wildman–Crippen LogP) is 3.61. The van der Waals surface area contributed by atoms with E-state index in [0.29, 0.717) is 17.6 Å². The number of H-pyrrole nitrogens is 1. The summed E-state index contributed by atoms with van der Waals surface area (Å²) < 4.78 is 2.06. The summed E-state index contributed by atoms with van der Waals surface area (Å²) >= 11 is 0. The summed E-state index contributed by atoms with van der Waals surface area (Å²) in [4.78, 5) is 19.7. The molecule has 2 heterocycles. The molecule has 0 aliphatic carbocycles. The molecule has 2 aromatic carbocycles. The van der Waals surface area contributed by atoms with Crippen molar-refractivity contribution in [2.75, 3.05) is 0 Å². The van der Waals surface area contributed by atoms with E-state index in [2.05, 4.69) is 38.8 Å². The Morgan fingerprint density at radius 2 is 1.79 bits per heavy atom. The van der Waals surface area contributed by atoms with Gasteiger partial charge in [0.15, 0.2) is 0 Å². The van der Waals surface area contributed by atoms with Crippen LogP contribution < -0.4 is 5.56 Å². The molecule has 0 saturated heterocycles. The smallest absolute Gasteiger partial charge is 0.258 e. The minimum absolute atomic E-state index is 0.0809. The third-order valence-electron chi connectivity index (χ3n) is 4.12. The van der Waals surface area contributed by atoms with Crippen molar-refractivity contribution in [1.82, 2.24) is 14.5 Å². The molecule has 0 amide bonds. The Hall–Kier alpha value is -3.14. The van der Waals surface area contributed by atoms with Gasteiger partial charge >= 0.3 is 0 Å². The molecule has 24 heavy (non-hydrogen) atoms. The molecule has 4 nitrogen and oxygen atoms in total. The van der Waals surface area contributed by atoms with Crippen molar-refractivity contribution in [3.63, 3.8) is 0 Å². The Kier molecular flexibility index (Phi) is 3.50. The van der Waals surface area contributed by atoms with Gasteiger partial charge in [0.1, 0.15) is 5.82 Å². The first-order chi connectivity index (χ1) is 11.7. The Labute approximate surface area is 139 Å². The van der Waals surface area contributed by atoms with Crippen LogP contribution in [0.3, 0.4) is 0 Å². The summed E-state index contributed by atoms with van der Waals surface area (Å²) in [6, 6.07) is 18.0. The average Bonchev–Trinajstić information content (AvgIpc) is 3.11. The number of fused-ring (bicyclic) bond motifs is 1. The van der Waals surface area contributed by atoms with E-state index >= 15 is 0 Å². The van der Waals surface area contributed by atoms with Gasteiger partial charge in [-0.2, -0.15) is 0 Å². The van der Waals surface area contributed by atoms with Crippen molar-refractivity contribution in [3.05, 3.63) is 94.3 Å². The van der Waals surface area contributed by atoms with Gasteiger partial charge in [-0.1, -0.05) is 23.8 Å². The van der Waals surface area contributed by atoms with E-state index in [0.717, 1.165) is 22.3 Å². The second kappa shape index (κ2) is 5.81. The molecule has 0 unspecified atom stereocenters. The zero-order valence-electron chi connectivity index (χ0n) is 13.4. The van der Waals surface area contributed by atoms with Crippen molar-refractivity contribution >= 4 is 10.9 Å². The number of aromatic amines is 1. The van der Waals surface area contributed by atoms with E-state index in [1.54, 1.807) is 0 Å². The van der Waals surface area contributed by atoms with E-state index in [1.807, 2.05) is 49.6 Å². The van der Waals surface area contributed by atoms with Crippen LogP contribution in [0.15, 0.2) is 71.8 Å². The zero-order valence-corrected chi connectivity index (χ0v) is 13.4. The summed E-state index contributed by atoms with van der Waals surface area (Å²) in [6.45, 7) is 1.97. The van der Waals surface area contributed by atoms with Crippen molar-refractivity contribution in [2.45, 2.75) is 13.3 Å². The monoisotopic (exact) mass is 315 g/mol. The fraction of sp³-hybridized carbons (Fsp3) is 0.100. The van der Waals surface area contributed by atoms with Crippen LogP contribution in [-0.2, 0) is 6.42 Å². The maximum Gasteiger partial charge on any atom is 0.258 e. The first-order valence-corrected chi connectivity index (χ1v) is 7.91. The van der Waals surface area contributed by atoms with Gasteiger partial charge in [-0.15, -0.1) is 0 Å². The van der Waals surface area contributed by atoms with E-state index in [-0.39, 0.29) is 5.56 Å². The molecule has 4 rings (SSSR count). The maximum atomic E-state index is 12.3. The number of rotatable bonds is 3. The molecule has 0 atom stereocenters. The topological polar surface area (TPSA) is 50.7 Å². The fourth-order valence-electron chi connectivity index (χ4n) is 2.87. The maximum absolute atomic E-state index is 12.3. The molecule has 1 N–H and O–H groups in total. The lowest BCUT2D eigenvalue weighted by Gasteiger charge is -2.06. The molecule has 0 bridgehead atoms. The number of hydrogen-bond acceptors (Lipinski definition) is 2. The van der Waals surface area contributed by atoms with Crippen LogP contribution in [0.2, 0.25) is 0 Å². The molecule has 0 spiro atoms.